The van der Waals surface area contributed by atoms with Crippen LogP contribution in [0.2, 0.25) is 0 Å². The van der Waals surface area contributed by atoms with Gasteiger partial charge in [0.05, 0.1) is 0 Å². The summed E-state index contributed by atoms with van der Waals surface area (Å²) in [6, 6.07) is 24.7. The lowest BCUT2D eigenvalue weighted by Crippen LogP contribution is -2.40. The van der Waals surface area contributed by atoms with E-state index in [-0.39, 0.29) is 0 Å². The summed E-state index contributed by atoms with van der Waals surface area (Å²) in [6.07, 6.45) is 11.4. The Balaban J connectivity index is 1.27. The molecule has 4 heterocycles. The third-order valence-corrected chi connectivity index (χ3v) is 7.24. The van der Waals surface area contributed by atoms with Crippen LogP contribution in [-0.4, -0.2) is 94.0 Å². The molecule has 0 aromatic carbocycles. The molecule has 0 aliphatic carbocycles. The van der Waals surface area contributed by atoms with Gasteiger partial charge in [0.25, 0.3) is 0 Å². The van der Waals surface area contributed by atoms with Crippen LogP contribution >= 0.6 is 0 Å². The molecular weight excluding hydrogens is 494 g/mol. The Morgan fingerprint density at radius 1 is 0.400 bits per heavy atom. The second kappa shape index (κ2) is 17.2. The lowest BCUT2D eigenvalue weighted by atomic mass is 10.2. The van der Waals surface area contributed by atoms with Crippen molar-refractivity contribution in [2.45, 2.75) is 25.7 Å². The summed E-state index contributed by atoms with van der Waals surface area (Å²) in [5, 5.41) is 0. The van der Waals surface area contributed by atoms with E-state index in [9.17, 15) is 0 Å². The highest BCUT2D eigenvalue weighted by Gasteiger charge is 2.12. The van der Waals surface area contributed by atoms with Crippen molar-refractivity contribution >= 4 is 0 Å². The van der Waals surface area contributed by atoms with E-state index in [1.54, 1.807) is 0 Å². The lowest BCUT2D eigenvalue weighted by Gasteiger charge is -2.28. The van der Waals surface area contributed by atoms with Gasteiger partial charge in [-0.05, 0) is 55.6 Å². The van der Waals surface area contributed by atoms with Crippen molar-refractivity contribution in [3.8, 4) is 0 Å². The minimum atomic E-state index is 0.960. The summed E-state index contributed by atoms with van der Waals surface area (Å²) in [4.78, 5) is 25.7. The maximum Gasteiger partial charge on any atom is 0.0416 e. The second-order valence-corrected chi connectivity index (χ2v) is 10.3. The van der Waals surface area contributed by atoms with Gasteiger partial charge in [-0.1, -0.05) is 24.3 Å². The van der Waals surface area contributed by atoms with Gasteiger partial charge < -0.3 is 14.7 Å². The molecule has 0 radical (unpaired) electrons. The SMILES string of the molecule is CN(CCN(CCc1ccccn1)CCc1ccccn1)CCN(CCc1ccccn1)CCc1ccccn1. The van der Waals surface area contributed by atoms with Gasteiger partial charge in [-0.25, -0.2) is 0 Å². The van der Waals surface area contributed by atoms with Gasteiger partial charge >= 0.3 is 0 Å². The largest absolute Gasteiger partial charge is 0.304 e. The maximum absolute atomic E-state index is 4.53. The first-order valence-electron chi connectivity index (χ1n) is 14.5. The van der Waals surface area contributed by atoms with Crippen LogP contribution in [0.4, 0.5) is 0 Å². The van der Waals surface area contributed by atoms with Gasteiger partial charge in [-0.2, -0.15) is 0 Å². The quantitative estimate of drug-likeness (QED) is 0.190. The second-order valence-electron chi connectivity index (χ2n) is 10.3. The molecule has 0 unspecified atom stereocenters. The van der Waals surface area contributed by atoms with Gasteiger partial charge in [0.15, 0.2) is 0 Å². The molecular formula is C33H43N7. The van der Waals surface area contributed by atoms with Crippen molar-refractivity contribution in [1.82, 2.24) is 34.6 Å². The summed E-state index contributed by atoms with van der Waals surface area (Å²) in [5.41, 5.74) is 4.59. The Labute approximate surface area is 240 Å². The summed E-state index contributed by atoms with van der Waals surface area (Å²) in [5.74, 6) is 0. The number of pyridine rings is 4. The van der Waals surface area contributed by atoms with Crippen molar-refractivity contribution in [1.29, 1.82) is 0 Å². The molecule has 4 rings (SSSR count). The fourth-order valence-electron chi connectivity index (χ4n) is 4.68. The van der Waals surface area contributed by atoms with Gasteiger partial charge in [-0.3, -0.25) is 19.9 Å². The minimum Gasteiger partial charge on any atom is -0.304 e. The van der Waals surface area contributed by atoms with E-state index in [0.29, 0.717) is 0 Å². The average molecular weight is 538 g/mol. The highest BCUT2D eigenvalue weighted by molar-refractivity contribution is 5.06. The normalized spacial score (nSPS) is 11.5. The van der Waals surface area contributed by atoms with Gasteiger partial charge in [0, 0.05) is 126 Å². The molecule has 4 aromatic heterocycles. The molecule has 7 nitrogen and oxygen atoms in total. The molecule has 0 aliphatic rings. The molecule has 40 heavy (non-hydrogen) atoms. The van der Waals surface area contributed by atoms with Crippen LogP contribution in [0.25, 0.3) is 0 Å². The van der Waals surface area contributed by atoms with Crippen molar-refractivity contribution in [2.75, 3.05) is 59.4 Å². The molecule has 0 N–H and O–H groups in total. The van der Waals surface area contributed by atoms with E-state index in [4.69, 9.17) is 0 Å². The highest BCUT2D eigenvalue weighted by Crippen LogP contribution is 2.05. The topological polar surface area (TPSA) is 61.3 Å². The molecule has 0 aliphatic heterocycles. The molecule has 0 bridgehead atoms. The van der Waals surface area contributed by atoms with Crippen LogP contribution in [-0.2, 0) is 25.7 Å². The molecule has 0 fully saturated rings. The smallest absolute Gasteiger partial charge is 0.0416 e. The molecule has 0 saturated carbocycles. The lowest BCUT2D eigenvalue weighted by molar-refractivity contribution is 0.197. The third kappa shape index (κ3) is 11.3. The Morgan fingerprint density at radius 3 is 0.950 bits per heavy atom. The predicted molar refractivity (Wildman–Crippen MR) is 162 cm³/mol. The molecule has 4 aromatic rings. The number of nitrogens with zero attached hydrogens (tertiary/aromatic N) is 7. The maximum atomic E-state index is 4.53. The number of likely N-dealkylation sites (N-methyl/N-ethyl adjacent to an activating group) is 1. The van der Waals surface area contributed by atoms with Crippen molar-refractivity contribution in [3.63, 3.8) is 0 Å². The fraction of sp³-hybridized carbons (Fsp3) is 0.394. The zero-order chi connectivity index (χ0) is 27.7. The van der Waals surface area contributed by atoms with E-state index < -0.39 is 0 Å². The van der Waals surface area contributed by atoms with Crippen LogP contribution in [0.3, 0.4) is 0 Å². The first-order valence-corrected chi connectivity index (χ1v) is 14.5. The van der Waals surface area contributed by atoms with E-state index in [1.807, 2.05) is 49.1 Å². The summed E-state index contributed by atoms with van der Waals surface area (Å²) in [6.45, 7) is 8.10. The van der Waals surface area contributed by atoms with E-state index in [0.717, 1.165) is 101 Å². The predicted octanol–water partition coefficient (Wildman–Crippen LogP) is 4.07. The molecule has 0 spiro atoms. The Hall–Kier alpha value is -3.52. The van der Waals surface area contributed by atoms with Crippen molar-refractivity contribution < 1.29 is 0 Å². The first-order chi connectivity index (χ1) is 19.7. The van der Waals surface area contributed by atoms with Crippen molar-refractivity contribution in [2.24, 2.45) is 0 Å². The van der Waals surface area contributed by atoms with Crippen LogP contribution in [0.5, 0.6) is 0 Å². The van der Waals surface area contributed by atoms with Crippen molar-refractivity contribution in [3.05, 3.63) is 120 Å². The van der Waals surface area contributed by atoms with Crippen LogP contribution in [0, 0.1) is 0 Å². The first kappa shape index (κ1) is 29.5. The Bertz CT molecular complexity index is 995. The molecule has 0 saturated heterocycles. The van der Waals surface area contributed by atoms with Gasteiger partial charge in [0.2, 0.25) is 0 Å². The van der Waals surface area contributed by atoms with Gasteiger partial charge in [-0.15, -0.1) is 0 Å². The zero-order valence-corrected chi connectivity index (χ0v) is 23.9. The molecule has 7 heteroatoms. The highest BCUT2D eigenvalue weighted by atomic mass is 15.2. The van der Waals surface area contributed by atoms with Crippen LogP contribution in [0.15, 0.2) is 97.6 Å². The number of aromatic nitrogens is 4. The summed E-state index contributed by atoms with van der Waals surface area (Å²) < 4.78 is 0. The standard InChI is InChI=1S/C33H43N7/c1-38(26-28-39(22-14-30-10-2-6-18-34-30)23-15-31-11-3-7-19-35-31)27-29-40(24-16-32-12-4-8-20-36-32)25-17-33-13-5-9-21-37-33/h2-13,18-21H,14-17,22-29H2,1H3. The van der Waals surface area contributed by atoms with E-state index >= 15 is 0 Å². The van der Waals surface area contributed by atoms with E-state index in [1.165, 1.54) is 0 Å². The average Bonchev–Trinajstić information content (AvgIpc) is 3.02. The van der Waals surface area contributed by atoms with Crippen LogP contribution < -0.4 is 0 Å². The van der Waals surface area contributed by atoms with Gasteiger partial charge in [0.1, 0.15) is 0 Å². The van der Waals surface area contributed by atoms with Crippen LogP contribution in [0.1, 0.15) is 22.8 Å². The Kier molecular flexibility index (Phi) is 12.7. The molecule has 0 amide bonds. The summed E-state index contributed by atoms with van der Waals surface area (Å²) in [7, 11) is 2.24. The third-order valence-electron chi connectivity index (χ3n) is 7.24. The summed E-state index contributed by atoms with van der Waals surface area (Å²) >= 11 is 0. The molecule has 210 valence electrons. The molecule has 0 atom stereocenters. The number of hydrogen-bond acceptors (Lipinski definition) is 7. The van der Waals surface area contributed by atoms with E-state index in [2.05, 4.69) is 90.2 Å². The Morgan fingerprint density at radius 2 is 0.700 bits per heavy atom. The fourth-order valence-corrected chi connectivity index (χ4v) is 4.68. The minimum absolute atomic E-state index is 0.960. The monoisotopic (exact) mass is 537 g/mol. The zero-order valence-electron chi connectivity index (χ0n) is 23.9. The number of rotatable bonds is 18. The number of hydrogen-bond donors (Lipinski definition) is 0.